The van der Waals surface area contributed by atoms with E-state index in [2.05, 4.69) is 193 Å². The van der Waals surface area contributed by atoms with Crippen LogP contribution in [0, 0.1) is 0 Å². The molecule has 11 aromatic rings. The number of furan rings is 2. The summed E-state index contributed by atoms with van der Waals surface area (Å²) >= 11 is 0. The Morgan fingerprint density at radius 2 is 0.927 bits per heavy atom. The minimum atomic E-state index is 0.899. The summed E-state index contributed by atoms with van der Waals surface area (Å²) in [5.41, 5.74) is 13.7. The van der Waals surface area contributed by atoms with Gasteiger partial charge in [0.15, 0.2) is 0 Å². The van der Waals surface area contributed by atoms with Crippen molar-refractivity contribution in [3.8, 4) is 33.4 Å². The van der Waals surface area contributed by atoms with Gasteiger partial charge in [0, 0.05) is 44.0 Å². The van der Waals surface area contributed by atoms with Crippen LogP contribution >= 0.6 is 0 Å². The summed E-state index contributed by atoms with van der Waals surface area (Å²) in [6.07, 6.45) is 0. The van der Waals surface area contributed by atoms with Crippen molar-refractivity contribution < 1.29 is 8.83 Å². The fourth-order valence-corrected chi connectivity index (χ4v) is 8.25. The minimum absolute atomic E-state index is 0.899. The lowest BCUT2D eigenvalue weighted by atomic mass is 9.99. The molecule has 258 valence electrons. The van der Waals surface area contributed by atoms with Crippen LogP contribution in [0.1, 0.15) is 0 Å². The van der Waals surface area contributed by atoms with Gasteiger partial charge in [-0.3, -0.25) is 0 Å². The van der Waals surface area contributed by atoms with Gasteiger partial charge in [-0.25, -0.2) is 0 Å². The Balaban J connectivity index is 1.02. The van der Waals surface area contributed by atoms with Crippen molar-refractivity contribution >= 4 is 71.7 Å². The minimum Gasteiger partial charge on any atom is -0.456 e. The van der Waals surface area contributed by atoms with E-state index in [-0.39, 0.29) is 0 Å². The molecule has 0 aliphatic rings. The van der Waals surface area contributed by atoms with Gasteiger partial charge in [0.2, 0.25) is 0 Å². The fourth-order valence-electron chi connectivity index (χ4n) is 8.25. The van der Waals surface area contributed by atoms with Gasteiger partial charge >= 0.3 is 0 Å². The van der Waals surface area contributed by atoms with Crippen LogP contribution in [0.5, 0.6) is 0 Å². The van der Waals surface area contributed by atoms with Crippen LogP contribution in [0.4, 0.5) is 17.1 Å². The van der Waals surface area contributed by atoms with Crippen LogP contribution in [0.3, 0.4) is 0 Å². The average molecular weight is 704 g/mol. The van der Waals surface area contributed by atoms with Gasteiger partial charge < -0.3 is 13.7 Å². The predicted octanol–water partition coefficient (Wildman–Crippen LogP) is 15.1. The van der Waals surface area contributed by atoms with Crippen molar-refractivity contribution in [3.05, 3.63) is 200 Å². The number of benzene rings is 9. The van der Waals surface area contributed by atoms with Gasteiger partial charge in [-0.1, -0.05) is 146 Å². The van der Waals surface area contributed by atoms with Crippen molar-refractivity contribution in [1.29, 1.82) is 0 Å². The molecule has 0 spiro atoms. The van der Waals surface area contributed by atoms with Gasteiger partial charge in [-0.05, 0) is 87.6 Å². The zero-order valence-corrected chi connectivity index (χ0v) is 29.8. The lowest BCUT2D eigenvalue weighted by Crippen LogP contribution is -2.11. The third-order valence-corrected chi connectivity index (χ3v) is 10.9. The maximum Gasteiger partial charge on any atom is 0.143 e. The second-order valence-corrected chi connectivity index (χ2v) is 14.1. The predicted molar refractivity (Wildman–Crippen MR) is 229 cm³/mol. The zero-order valence-electron chi connectivity index (χ0n) is 29.8. The zero-order chi connectivity index (χ0) is 36.3. The molecule has 0 unspecified atom stereocenters. The topological polar surface area (TPSA) is 29.5 Å². The number of para-hydroxylation sites is 3. The fraction of sp³-hybridized carbons (Fsp3) is 0. The Morgan fingerprint density at radius 3 is 1.76 bits per heavy atom. The molecule has 3 nitrogen and oxygen atoms in total. The lowest BCUT2D eigenvalue weighted by molar-refractivity contribution is 0.669. The maximum atomic E-state index is 6.41. The van der Waals surface area contributed by atoms with Crippen molar-refractivity contribution in [1.82, 2.24) is 0 Å². The average Bonchev–Trinajstić information content (AvgIpc) is 3.83. The molecule has 2 heterocycles. The second kappa shape index (κ2) is 12.6. The molecule has 0 bridgehead atoms. The monoisotopic (exact) mass is 703 g/mol. The molecule has 0 fully saturated rings. The Bertz CT molecular complexity index is 3190. The molecule has 0 atom stereocenters. The summed E-state index contributed by atoms with van der Waals surface area (Å²) in [7, 11) is 0. The summed E-state index contributed by atoms with van der Waals surface area (Å²) in [6.45, 7) is 0. The summed E-state index contributed by atoms with van der Waals surface area (Å²) in [4.78, 5) is 2.36. The van der Waals surface area contributed by atoms with E-state index in [9.17, 15) is 0 Å². The number of rotatable bonds is 6. The number of anilines is 3. The maximum absolute atomic E-state index is 6.41. The second-order valence-electron chi connectivity index (χ2n) is 14.1. The van der Waals surface area contributed by atoms with E-state index in [0.29, 0.717) is 0 Å². The van der Waals surface area contributed by atoms with Crippen molar-refractivity contribution in [2.45, 2.75) is 0 Å². The van der Waals surface area contributed by atoms with E-state index in [1.807, 2.05) is 12.1 Å². The number of nitrogens with zero attached hydrogens (tertiary/aromatic N) is 1. The largest absolute Gasteiger partial charge is 0.456 e. The molecule has 3 heteroatoms. The van der Waals surface area contributed by atoms with Gasteiger partial charge in [-0.2, -0.15) is 0 Å². The van der Waals surface area contributed by atoms with Crippen molar-refractivity contribution in [2.75, 3.05) is 4.90 Å². The van der Waals surface area contributed by atoms with E-state index >= 15 is 0 Å². The first-order valence-electron chi connectivity index (χ1n) is 18.7. The molecule has 0 N–H and O–H groups in total. The molecule has 0 saturated carbocycles. The van der Waals surface area contributed by atoms with Crippen LogP contribution in [0.25, 0.3) is 88.0 Å². The first kappa shape index (κ1) is 31.2. The van der Waals surface area contributed by atoms with E-state index in [1.165, 1.54) is 16.3 Å². The first-order valence-corrected chi connectivity index (χ1v) is 18.7. The molecule has 2 aromatic heterocycles. The van der Waals surface area contributed by atoms with Crippen LogP contribution in [-0.4, -0.2) is 0 Å². The normalized spacial score (nSPS) is 11.6. The molecule has 0 aliphatic carbocycles. The molecule has 9 aromatic carbocycles. The van der Waals surface area contributed by atoms with Gasteiger partial charge in [-0.15, -0.1) is 0 Å². The molecular weight excluding hydrogens is 671 g/mol. The van der Waals surface area contributed by atoms with Crippen LogP contribution in [0.15, 0.2) is 209 Å². The van der Waals surface area contributed by atoms with Crippen LogP contribution < -0.4 is 4.90 Å². The van der Waals surface area contributed by atoms with Gasteiger partial charge in [0.05, 0.1) is 5.69 Å². The Morgan fingerprint density at radius 1 is 0.327 bits per heavy atom. The molecule has 55 heavy (non-hydrogen) atoms. The highest BCUT2D eigenvalue weighted by atomic mass is 16.3. The van der Waals surface area contributed by atoms with Gasteiger partial charge in [0.1, 0.15) is 22.3 Å². The van der Waals surface area contributed by atoms with Crippen molar-refractivity contribution in [3.63, 3.8) is 0 Å². The standard InChI is InChI=1S/C52H33NO2/c1-2-11-35(12-3-1)41-14-6-8-19-47(41)53(40-29-23-37(24-30-40)43-17-10-18-45-44-16-7-9-20-48(44)55-52(43)45)39-27-21-34(22-28-39)38-26-31-49-46(33-38)51-42-15-5-4-13-36(42)25-32-50(51)54-49/h1-33H. The third-order valence-electron chi connectivity index (χ3n) is 10.9. The first-order chi connectivity index (χ1) is 27.3. The molecule has 0 amide bonds. The smallest absolute Gasteiger partial charge is 0.143 e. The highest BCUT2D eigenvalue weighted by Gasteiger charge is 2.19. The highest BCUT2D eigenvalue weighted by molar-refractivity contribution is 6.19. The number of fused-ring (bicyclic) bond motifs is 8. The third kappa shape index (κ3) is 5.20. The highest BCUT2D eigenvalue weighted by Crippen LogP contribution is 2.43. The van der Waals surface area contributed by atoms with Crippen LogP contribution in [0.2, 0.25) is 0 Å². The van der Waals surface area contributed by atoms with E-state index < -0.39 is 0 Å². The molecule has 0 aliphatic heterocycles. The molecule has 0 saturated heterocycles. The molecule has 0 radical (unpaired) electrons. The Kier molecular flexibility index (Phi) is 7.17. The number of hydrogen-bond donors (Lipinski definition) is 0. The molecular formula is C52H33NO2. The lowest BCUT2D eigenvalue weighted by Gasteiger charge is -2.28. The summed E-state index contributed by atoms with van der Waals surface area (Å²) in [5.74, 6) is 0. The SMILES string of the molecule is c1ccc(-c2ccccc2N(c2ccc(-c3ccc4oc5ccc6ccccc6c5c4c3)cc2)c2ccc(-c3cccc4c3oc3ccccc34)cc2)cc1. The quantitative estimate of drug-likeness (QED) is 0.173. The van der Waals surface area contributed by atoms with E-state index in [0.717, 1.165) is 88.8 Å². The number of hydrogen-bond acceptors (Lipinski definition) is 3. The Hall–Kier alpha value is -7.36. The summed E-state index contributed by atoms with van der Waals surface area (Å²) in [5, 5.41) is 6.97. The summed E-state index contributed by atoms with van der Waals surface area (Å²) < 4.78 is 12.7. The molecule has 11 rings (SSSR count). The van der Waals surface area contributed by atoms with Crippen molar-refractivity contribution in [2.24, 2.45) is 0 Å². The van der Waals surface area contributed by atoms with E-state index in [1.54, 1.807) is 0 Å². The van der Waals surface area contributed by atoms with Gasteiger partial charge in [0.25, 0.3) is 0 Å². The summed E-state index contributed by atoms with van der Waals surface area (Å²) in [6, 6.07) is 71.0. The van der Waals surface area contributed by atoms with Crippen LogP contribution in [-0.2, 0) is 0 Å². The van der Waals surface area contributed by atoms with E-state index in [4.69, 9.17) is 8.83 Å². The Labute approximate surface area is 317 Å².